The van der Waals surface area contributed by atoms with Crippen LogP contribution in [0.15, 0.2) is 23.3 Å². The van der Waals surface area contributed by atoms with Crippen molar-refractivity contribution >= 4 is 11.9 Å². The molecule has 0 aromatic rings. The number of hydrogen-bond donors (Lipinski definition) is 0. The van der Waals surface area contributed by atoms with Crippen molar-refractivity contribution in [3.63, 3.8) is 0 Å². The molecule has 7 fully saturated rings. The lowest BCUT2D eigenvalue weighted by molar-refractivity contribution is -0.208. The summed E-state index contributed by atoms with van der Waals surface area (Å²) in [6.07, 6.45) is 12.7. The predicted octanol–water partition coefficient (Wildman–Crippen LogP) is 1.86. The fraction of sp³-hybridized carbons (Fsp3) is 0.760. The second kappa shape index (κ2) is 6.05. The average Bonchev–Trinajstić information content (AvgIpc) is 3.51. The Balaban J connectivity index is 1.13. The maximum Gasteiger partial charge on any atom is 0.331 e. The molecule has 7 aliphatic heterocycles. The summed E-state index contributed by atoms with van der Waals surface area (Å²) in [4.78, 5) is 29.8. The van der Waals surface area contributed by atoms with Crippen LogP contribution in [0.25, 0.3) is 0 Å². The molecule has 2 saturated carbocycles. The van der Waals surface area contributed by atoms with Crippen LogP contribution in [0.4, 0.5) is 0 Å². The lowest BCUT2D eigenvalue weighted by atomic mass is 9.64. The van der Waals surface area contributed by atoms with Crippen LogP contribution in [0.1, 0.15) is 57.8 Å². The number of esters is 2. The van der Waals surface area contributed by atoms with E-state index in [4.69, 9.17) is 14.2 Å². The van der Waals surface area contributed by atoms with Crippen molar-refractivity contribution in [3.8, 4) is 0 Å². The summed E-state index contributed by atoms with van der Waals surface area (Å²) in [5.74, 6) is -0.343. The Bertz CT molecular complexity index is 991. The van der Waals surface area contributed by atoms with Crippen molar-refractivity contribution in [2.75, 3.05) is 13.1 Å². The number of nitrogens with zero attached hydrogens (tertiary/aromatic N) is 2. The molecule has 0 amide bonds. The van der Waals surface area contributed by atoms with Gasteiger partial charge in [0.15, 0.2) is 11.2 Å². The maximum atomic E-state index is 12.3. The van der Waals surface area contributed by atoms with Gasteiger partial charge in [0.2, 0.25) is 0 Å². The van der Waals surface area contributed by atoms with E-state index in [1.54, 1.807) is 12.2 Å². The molecular weight excluding hydrogens is 408 g/mol. The topological polar surface area (TPSA) is 68.3 Å². The summed E-state index contributed by atoms with van der Waals surface area (Å²) in [7, 11) is 0. The van der Waals surface area contributed by atoms with Crippen LogP contribution in [-0.2, 0) is 23.8 Å². The quantitative estimate of drug-likeness (QED) is 0.610. The molecule has 9 aliphatic rings. The van der Waals surface area contributed by atoms with E-state index in [1.165, 1.54) is 18.4 Å². The molecule has 7 nitrogen and oxygen atoms in total. The minimum atomic E-state index is -0.479. The first kappa shape index (κ1) is 18.7. The number of carbonyl (C=O) groups is 2. The zero-order chi connectivity index (χ0) is 21.2. The Labute approximate surface area is 187 Å². The third-order valence-electron chi connectivity index (χ3n) is 10.1. The van der Waals surface area contributed by atoms with Crippen LogP contribution in [0.5, 0.6) is 0 Å². The molecule has 7 heterocycles. The number of ether oxygens (including phenoxy) is 3. The normalized spacial score (nSPS) is 50.9. The molecule has 7 heteroatoms. The van der Waals surface area contributed by atoms with Crippen molar-refractivity contribution in [2.24, 2.45) is 0 Å². The molecule has 4 bridgehead atoms. The summed E-state index contributed by atoms with van der Waals surface area (Å²) in [5, 5.41) is 0. The van der Waals surface area contributed by atoms with Gasteiger partial charge in [0.25, 0.3) is 0 Å². The van der Waals surface area contributed by atoms with Gasteiger partial charge in [0, 0.05) is 43.5 Å². The number of hydrogen-bond acceptors (Lipinski definition) is 7. The van der Waals surface area contributed by atoms with Gasteiger partial charge in [-0.1, -0.05) is 6.42 Å². The third kappa shape index (κ3) is 2.14. The Hall–Kier alpha value is -1.70. The van der Waals surface area contributed by atoms with Gasteiger partial charge in [-0.15, -0.1) is 0 Å². The standard InChI is InChI=1S/C25H30N2O5/c28-22-10-14-8-16-19(13-25(14,32-22)20-4-1-2-6-26(16)20)30-18-9-15-11-23(29)31-24(15)12-17(18)27-7-3-5-21(24)27/h10-11,16-21H,1-9,12-13H2/t16-,17-,18-,19-,20-,21+,24-,25+/m0/s1. The van der Waals surface area contributed by atoms with Crippen LogP contribution in [0.3, 0.4) is 0 Å². The minimum absolute atomic E-state index is 0.0603. The van der Waals surface area contributed by atoms with Crippen molar-refractivity contribution < 1.29 is 23.8 Å². The SMILES string of the molecule is O=C1C=C2C[C@H](O[C@H]3C[C@@]45OC(=O)C=C4C[C@@H]3N3CCCC[C@H]35)[C@@H]3C[C@@]2(O1)[C@H]1CCCN31. The van der Waals surface area contributed by atoms with Gasteiger partial charge in [-0.3, -0.25) is 9.80 Å². The highest BCUT2D eigenvalue weighted by atomic mass is 16.6. The molecule has 9 rings (SSSR count). The van der Waals surface area contributed by atoms with Gasteiger partial charge in [-0.05, 0) is 56.3 Å². The number of piperidine rings is 3. The third-order valence-corrected chi connectivity index (χ3v) is 10.1. The zero-order valence-electron chi connectivity index (χ0n) is 18.3. The highest BCUT2D eigenvalue weighted by Crippen LogP contribution is 2.58. The molecule has 0 aromatic heterocycles. The van der Waals surface area contributed by atoms with E-state index in [-0.39, 0.29) is 24.1 Å². The van der Waals surface area contributed by atoms with Crippen molar-refractivity contribution in [1.82, 2.24) is 9.80 Å². The molecule has 0 N–H and O–H groups in total. The number of rotatable bonds is 2. The zero-order valence-corrected chi connectivity index (χ0v) is 18.3. The van der Waals surface area contributed by atoms with Gasteiger partial charge < -0.3 is 14.2 Å². The Morgan fingerprint density at radius 2 is 1.44 bits per heavy atom. The highest BCUT2D eigenvalue weighted by Gasteiger charge is 2.67. The maximum absolute atomic E-state index is 12.3. The van der Waals surface area contributed by atoms with Crippen LogP contribution in [-0.4, -0.2) is 82.4 Å². The van der Waals surface area contributed by atoms with E-state index < -0.39 is 11.2 Å². The second-order valence-corrected chi connectivity index (χ2v) is 11.3. The summed E-state index contributed by atoms with van der Waals surface area (Å²) < 4.78 is 19.1. The minimum Gasteiger partial charge on any atom is -0.450 e. The molecule has 0 unspecified atom stereocenters. The average molecular weight is 439 g/mol. The fourth-order valence-corrected chi connectivity index (χ4v) is 9.01. The molecule has 170 valence electrons. The smallest absolute Gasteiger partial charge is 0.331 e. The van der Waals surface area contributed by atoms with Gasteiger partial charge in [0.05, 0.1) is 24.3 Å². The number of fused-ring (bicyclic) bond motifs is 4. The van der Waals surface area contributed by atoms with Gasteiger partial charge in [0.1, 0.15) is 0 Å². The summed E-state index contributed by atoms with van der Waals surface area (Å²) in [6.45, 7) is 2.14. The highest BCUT2D eigenvalue weighted by molar-refractivity contribution is 5.88. The van der Waals surface area contributed by atoms with Crippen LogP contribution in [0.2, 0.25) is 0 Å². The summed E-state index contributed by atoms with van der Waals surface area (Å²) in [5.41, 5.74) is 1.49. The Kier molecular flexibility index (Phi) is 3.53. The van der Waals surface area contributed by atoms with Crippen LogP contribution >= 0.6 is 0 Å². The van der Waals surface area contributed by atoms with Crippen LogP contribution < -0.4 is 0 Å². The second-order valence-electron chi connectivity index (χ2n) is 11.3. The molecular formula is C25H30N2O5. The molecule has 5 saturated heterocycles. The molecule has 2 aliphatic carbocycles. The van der Waals surface area contributed by atoms with Crippen molar-refractivity contribution in [3.05, 3.63) is 23.3 Å². The lowest BCUT2D eigenvalue weighted by Gasteiger charge is -2.61. The van der Waals surface area contributed by atoms with Gasteiger partial charge in [-0.2, -0.15) is 0 Å². The lowest BCUT2D eigenvalue weighted by Crippen LogP contribution is -2.72. The van der Waals surface area contributed by atoms with E-state index in [0.717, 1.165) is 63.6 Å². The Morgan fingerprint density at radius 3 is 2.25 bits per heavy atom. The molecule has 0 radical (unpaired) electrons. The molecule has 8 atom stereocenters. The molecule has 0 aromatic carbocycles. The van der Waals surface area contributed by atoms with E-state index in [1.807, 2.05) is 0 Å². The number of carbonyl (C=O) groups excluding carboxylic acids is 2. The monoisotopic (exact) mass is 438 g/mol. The molecule has 2 spiro atoms. The Morgan fingerprint density at radius 1 is 0.781 bits per heavy atom. The van der Waals surface area contributed by atoms with E-state index >= 15 is 0 Å². The first-order chi connectivity index (χ1) is 15.6. The summed E-state index contributed by atoms with van der Waals surface area (Å²) >= 11 is 0. The first-order valence-corrected chi connectivity index (χ1v) is 12.6. The van der Waals surface area contributed by atoms with Gasteiger partial charge >= 0.3 is 11.9 Å². The first-order valence-electron chi connectivity index (χ1n) is 12.6. The fourth-order valence-electron chi connectivity index (χ4n) is 9.01. The largest absolute Gasteiger partial charge is 0.450 e. The van der Waals surface area contributed by atoms with Crippen LogP contribution in [0, 0.1) is 0 Å². The van der Waals surface area contributed by atoms with Crippen molar-refractivity contribution in [2.45, 2.75) is 105 Å². The van der Waals surface area contributed by atoms with E-state index in [0.29, 0.717) is 24.2 Å². The summed E-state index contributed by atoms with van der Waals surface area (Å²) in [6, 6.07) is 1.25. The van der Waals surface area contributed by atoms with E-state index in [9.17, 15) is 9.59 Å². The van der Waals surface area contributed by atoms with Crippen molar-refractivity contribution in [1.29, 1.82) is 0 Å². The predicted molar refractivity (Wildman–Crippen MR) is 113 cm³/mol. The van der Waals surface area contributed by atoms with Gasteiger partial charge in [-0.25, -0.2) is 9.59 Å². The van der Waals surface area contributed by atoms with E-state index in [2.05, 4.69) is 9.80 Å². The molecule has 32 heavy (non-hydrogen) atoms.